The average molecular weight is 282 g/mol. The Morgan fingerprint density at radius 2 is 1.67 bits per heavy atom. The number of hydrogen-bond donors (Lipinski definition) is 2. The number of nitrogens with one attached hydrogen (secondary N) is 1. The molecule has 0 radical (unpaired) electrons. The molecule has 0 fully saturated rings. The molecule has 0 unspecified atom stereocenters. The maximum absolute atomic E-state index is 12.0. The van der Waals surface area contributed by atoms with E-state index in [0.717, 1.165) is 0 Å². The number of hydrogen-bond acceptors (Lipinski definition) is 3. The van der Waals surface area contributed by atoms with Crippen molar-refractivity contribution < 1.29 is 36.2 Å². The largest absolute Gasteiger partial charge is 0.406 e. The molecule has 2 N–H and O–H groups in total. The molecule has 0 aromatic heterocycles. The van der Waals surface area contributed by atoms with Crippen LogP contribution in [0, 0.1) is 0 Å². The molecule has 10 heteroatoms. The lowest BCUT2D eigenvalue weighted by molar-refractivity contribution is -0.162. The second-order valence-corrected chi connectivity index (χ2v) is 3.37. The summed E-state index contributed by atoms with van der Waals surface area (Å²) >= 11 is 0. The normalized spacial score (nSPS) is 12.6. The smallest absolute Gasteiger partial charge is 0.395 e. The summed E-state index contributed by atoms with van der Waals surface area (Å²) in [6.45, 7) is -5.26. The molecule has 108 valence electrons. The molecule has 0 saturated carbocycles. The van der Waals surface area contributed by atoms with Crippen molar-refractivity contribution >= 4 is 5.91 Å². The highest BCUT2D eigenvalue weighted by atomic mass is 19.4. The molecule has 0 heterocycles. The van der Waals surface area contributed by atoms with Crippen LogP contribution in [0.2, 0.25) is 0 Å². The quantitative estimate of drug-likeness (QED) is 0.698. The minimum absolute atomic E-state index is 0.239. The van der Waals surface area contributed by atoms with Crippen LogP contribution in [0.1, 0.15) is 0 Å². The molecule has 0 aliphatic heterocycles. The zero-order chi connectivity index (χ0) is 14.4. The van der Waals surface area contributed by atoms with Gasteiger partial charge in [0.1, 0.15) is 6.54 Å². The van der Waals surface area contributed by atoms with Gasteiger partial charge >= 0.3 is 12.4 Å². The molecule has 0 bridgehead atoms. The van der Waals surface area contributed by atoms with Crippen molar-refractivity contribution in [3.63, 3.8) is 0 Å². The third-order valence-corrected chi connectivity index (χ3v) is 1.69. The standard InChI is InChI=1S/C8H12F6N2O2/c9-7(10,11)4-15-3-6(18)16(1-2-17)5-8(12,13)14/h15,17H,1-5H2. The summed E-state index contributed by atoms with van der Waals surface area (Å²) in [5, 5.41) is 10.2. The number of amides is 1. The third kappa shape index (κ3) is 9.05. The summed E-state index contributed by atoms with van der Waals surface area (Å²) in [5.41, 5.74) is 0. The Hall–Kier alpha value is -1.03. The van der Waals surface area contributed by atoms with Crippen molar-refractivity contribution in [2.45, 2.75) is 12.4 Å². The number of alkyl halides is 6. The van der Waals surface area contributed by atoms with Crippen molar-refractivity contribution in [2.75, 3.05) is 32.8 Å². The number of nitrogens with zero attached hydrogens (tertiary/aromatic N) is 1. The Bertz CT molecular complexity index is 265. The van der Waals surface area contributed by atoms with E-state index in [4.69, 9.17) is 5.11 Å². The second-order valence-electron chi connectivity index (χ2n) is 3.37. The summed E-state index contributed by atoms with van der Waals surface area (Å²) in [4.78, 5) is 11.4. The highest BCUT2D eigenvalue weighted by Gasteiger charge is 2.33. The molecule has 0 aromatic carbocycles. The molecule has 0 saturated heterocycles. The zero-order valence-corrected chi connectivity index (χ0v) is 9.11. The van der Waals surface area contributed by atoms with Crippen LogP contribution in [0.25, 0.3) is 0 Å². The van der Waals surface area contributed by atoms with Crippen LogP contribution < -0.4 is 5.32 Å². The van der Waals surface area contributed by atoms with Gasteiger partial charge in [0.15, 0.2) is 0 Å². The Morgan fingerprint density at radius 3 is 2.06 bits per heavy atom. The molecule has 18 heavy (non-hydrogen) atoms. The van der Waals surface area contributed by atoms with Crippen LogP contribution in [0.15, 0.2) is 0 Å². The Kier molecular flexibility index (Phi) is 6.39. The Morgan fingerprint density at radius 1 is 1.11 bits per heavy atom. The van der Waals surface area contributed by atoms with E-state index in [1.165, 1.54) is 0 Å². The van der Waals surface area contributed by atoms with Crippen molar-refractivity contribution in [3.8, 4) is 0 Å². The molecule has 0 aliphatic carbocycles. The van der Waals surface area contributed by atoms with Crippen molar-refractivity contribution in [2.24, 2.45) is 0 Å². The second kappa shape index (κ2) is 6.78. The number of aliphatic hydroxyl groups is 1. The summed E-state index contributed by atoms with van der Waals surface area (Å²) in [6, 6.07) is 0. The molecule has 4 nitrogen and oxygen atoms in total. The topological polar surface area (TPSA) is 52.6 Å². The molecule has 0 rings (SSSR count). The summed E-state index contributed by atoms with van der Waals surface area (Å²) in [6.07, 6.45) is -9.22. The Labute approximate surface area is 98.6 Å². The van der Waals surface area contributed by atoms with Gasteiger partial charge < -0.3 is 15.3 Å². The first-order valence-electron chi connectivity index (χ1n) is 4.78. The molecular formula is C8H12F6N2O2. The fourth-order valence-corrected chi connectivity index (χ4v) is 1.05. The monoisotopic (exact) mass is 282 g/mol. The first-order valence-corrected chi connectivity index (χ1v) is 4.78. The van der Waals surface area contributed by atoms with Gasteiger partial charge in [0.25, 0.3) is 0 Å². The van der Waals surface area contributed by atoms with Crippen LogP contribution in [-0.2, 0) is 4.79 Å². The molecule has 0 aromatic rings. The van der Waals surface area contributed by atoms with Crippen LogP contribution in [-0.4, -0.2) is 61.1 Å². The van der Waals surface area contributed by atoms with Crippen LogP contribution >= 0.6 is 0 Å². The predicted molar refractivity (Wildman–Crippen MR) is 48.6 cm³/mol. The van der Waals surface area contributed by atoms with Crippen LogP contribution in [0.4, 0.5) is 26.3 Å². The lowest BCUT2D eigenvalue weighted by Gasteiger charge is -2.23. The third-order valence-electron chi connectivity index (χ3n) is 1.69. The maximum Gasteiger partial charge on any atom is 0.406 e. The van der Waals surface area contributed by atoms with Crippen molar-refractivity contribution in [3.05, 3.63) is 0 Å². The van der Waals surface area contributed by atoms with E-state index >= 15 is 0 Å². The van der Waals surface area contributed by atoms with Crippen LogP contribution in [0.5, 0.6) is 0 Å². The lowest BCUT2D eigenvalue weighted by Crippen LogP contribution is -2.45. The van der Waals surface area contributed by atoms with Gasteiger partial charge in [-0.15, -0.1) is 0 Å². The summed E-state index contributed by atoms with van der Waals surface area (Å²) in [7, 11) is 0. The molecule has 1 amide bonds. The first kappa shape index (κ1) is 17.0. The minimum atomic E-state index is -4.67. The number of halogens is 6. The molecular weight excluding hydrogens is 270 g/mol. The fourth-order valence-electron chi connectivity index (χ4n) is 1.05. The number of rotatable bonds is 6. The molecule has 0 atom stereocenters. The van der Waals surface area contributed by atoms with Gasteiger partial charge in [-0.3, -0.25) is 4.79 Å². The van der Waals surface area contributed by atoms with E-state index in [2.05, 4.69) is 0 Å². The number of carbonyl (C=O) groups excluding carboxylic acids is 1. The van der Waals surface area contributed by atoms with Gasteiger partial charge in [-0.05, 0) is 0 Å². The maximum atomic E-state index is 12.0. The number of aliphatic hydroxyl groups excluding tert-OH is 1. The van der Waals surface area contributed by atoms with Gasteiger partial charge in [-0.2, -0.15) is 26.3 Å². The van der Waals surface area contributed by atoms with E-state index in [9.17, 15) is 31.1 Å². The highest BCUT2D eigenvalue weighted by molar-refractivity contribution is 5.78. The number of carbonyl (C=O) groups is 1. The van der Waals surface area contributed by atoms with Crippen molar-refractivity contribution in [1.82, 2.24) is 10.2 Å². The average Bonchev–Trinajstić information content (AvgIpc) is 2.12. The van der Waals surface area contributed by atoms with Gasteiger partial charge in [0, 0.05) is 6.54 Å². The molecule has 0 spiro atoms. The van der Waals surface area contributed by atoms with E-state index in [-0.39, 0.29) is 4.90 Å². The summed E-state index contributed by atoms with van der Waals surface area (Å²) < 4.78 is 71.2. The SMILES string of the molecule is O=C(CNCC(F)(F)F)N(CCO)CC(F)(F)F. The van der Waals surface area contributed by atoms with Gasteiger partial charge in [-0.1, -0.05) is 0 Å². The zero-order valence-electron chi connectivity index (χ0n) is 9.11. The summed E-state index contributed by atoms with van der Waals surface area (Å²) in [5.74, 6) is -1.16. The van der Waals surface area contributed by atoms with Crippen LogP contribution in [0.3, 0.4) is 0 Å². The minimum Gasteiger partial charge on any atom is -0.395 e. The predicted octanol–water partition coefficient (Wildman–Crippen LogP) is 0.522. The lowest BCUT2D eigenvalue weighted by atomic mass is 10.4. The van der Waals surface area contributed by atoms with Gasteiger partial charge in [-0.25, -0.2) is 0 Å². The van der Waals surface area contributed by atoms with Crippen molar-refractivity contribution in [1.29, 1.82) is 0 Å². The van der Waals surface area contributed by atoms with Gasteiger partial charge in [0.2, 0.25) is 5.91 Å². The first-order chi connectivity index (χ1) is 8.05. The van der Waals surface area contributed by atoms with E-state index in [1.807, 2.05) is 0 Å². The Balaban J connectivity index is 4.23. The van der Waals surface area contributed by atoms with E-state index < -0.39 is 51.0 Å². The molecule has 0 aliphatic rings. The van der Waals surface area contributed by atoms with E-state index in [0.29, 0.717) is 0 Å². The fraction of sp³-hybridized carbons (Fsp3) is 0.875. The highest BCUT2D eigenvalue weighted by Crippen LogP contribution is 2.16. The van der Waals surface area contributed by atoms with Gasteiger partial charge in [0.05, 0.1) is 19.7 Å². The van der Waals surface area contributed by atoms with E-state index in [1.54, 1.807) is 5.32 Å².